The summed E-state index contributed by atoms with van der Waals surface area (Å²) in [4.78, 5) is 0. The van der Waals surface area contributed by atoms with Crippen LogP contribution in [0.2, 0.25) is 0 Å². The number of hydrogen-bond acceptors (Lipinski definition) is 3. The van der Waals surface area contributed by atoms with Gasteiger partial charge in [-0.05, 0) is 37.1 Å². The molecule has 0 aromatic heterocycles. The topological polar surface area (TPSA) is 18.5 Å². The number of ether oxygens (including phenoxy) is 2. The second-order valence-electron chi connectivity index (χ2n) is 3.63. The van der Waals surface area contributed by atoms with Crippen molar-refractivity contribution in [2.24, 2.45) is 0 Å². The van der Waals surface area contributed by atoms with Crippen LogP contribution >= 0.6 is 12.6 Å². The van der Waals surface area contributed by atoms with E-state index in [0.29, 0.717) is 6.61 Å². The molecule has 102 valence electrons. The Labute approximate surface area is 109 Å². The van der Waals surface area contributed by atoms with Crippen molar-refractivity contribution in [2.75, 3.05) is 12.4 Å². The molecule has 0 aliphatic heterocycles. The molecule has 0 heterocycles. The molecule has 0 saturated heterocycles. The van der Waals surface area contributed by atoms with Crippen LogP contribution in [0.5, 0.6) is 11.5 Å². The predicted octanol–water partition coefficient (Wildman–Crippen LogP) is 4.06. The summed E-state index contributed by atoms with van der Waals surface area (Å²) in [5.74, 6) is 0.605. The minimum absolute atomic E-state index is 0.112. The van der Waals surface area contributed by atoms with Crippen LogP contribution in [0, 0.1) is 0 Å². The summed E-state index contributed by atoms with van der Waals surface area (Å²) >= 11 is 4.07. The number of para-hydroxylation sites is 2. The van der Waals surface area contributed by atoms with E-state index in [2.05, 4.69) is 17.4 Å². The van der Waals surface area contributed by atoms with Gasteiger partial charge in [0.2, 0.25) is 0 Å². The number of alkyl halides is 3. The van der Waals surface area contributed by atoms with Gasteiger partial charge in [0.25, 0.3) is 0 Å². The van der Waals surface area contributed by atoms with Gasteiger partial charge in [-0.25, -0.2) is 0 Å². The molecule has 0 N–H and O–H groups in total. The fourth-order valence-electron chi connectivity index (χ4n) is 1.35. The van der Waals surface area contributed by atoms with E-state index in [9.17, 15) is 13.2 Å². The van der Waals surface area contributed by atoms with Gasteiger partial charge in [0, 0.05) is 0 Å². The Balaban J connectivity index is 2.49. The zero-order chi connectivity index (χ0) is 13.4. The zero-order valence-electron chi connectivity index (χ0n) is 9.74. The molecule has 6 heteroatoms. The lowest BCUT2D eigenvalue weighted by Crippen LogP contribution is -2.17. The van der Waals surface area contributed by atoms with E-state index in [1.54, 1.807) is 6.07 Å². The van der Waals surface area contributed by atoms with Gasteiger partial charge in [0.05, 0.1) is 6.61 Å². The number of thiol groups is 1. The molecule has 1 aromatic carbocycles. The first-order valence-electron chi connectivity index (χ1n) is 5.61. The highest BCUT2D eigenvalue weighted by atomic mass is 32.1. The van der Waals surface area contributed by atoms with Gasteiger partial charge in [0.1, 0.15) is 0 Å². The summed E-state index contributed by atoms with van der Waals surface area (Å²) in [7, 11) is 0. The molecule has 0 atom stereocenters. The Bertz CT molecular complexity index is 355. The molecule has 0 radical (unpaired) electrons. The van der Waals surface area contributed by atoms with Crippen LogP contribution in [0.25, 0.3) is 0 Å². The monoisotopic (exact) mass is 280 g/mol. The number of rotatable bonds is 7. The van der Waals surface area contributed by atoms with Gasteiger partial charge >= 0.3 is 6.36 Å². The number of hydrogen-bond donors (Lipinski definition) is 1. The van der Waals surface area contributed by atoms with Crippen LogP contribution in [-0.2, 0) is 0 Å². The summed E-state index contributed by atoms with van der Waals surface area (Å²) in [5, 5.41) is 0. The van der Waals surface area contributed by atoms with Crippen LogP contribution in [0.15, 0.2) is 24.3 Å². The smallest absolute Gasteiger partial charge is 0.490 e. The third kappa shape index (κ3) is 6.05. The Hall–Kier alpha value is -1.04. The Morgan fingerprint density at radius 2 is 1.67 bits per heavy atom. The molecule has 2 nitrogen and oxygen atoms in total. The quantitative estimate of drug-likeness (QED) is 0.599. The summed E-state index contributed by atoms with van der Waals surface area (Å²) < 4.78 is 45.5. The first kappa shape index (κ1) is 15.0. The zero-order valence-corrected chi connectivity index (χ0v) is 10.6. The molecular weight excluding hydrogens is 265 g/mol. The van der Waals surface area contributed by atoms with Crippen molar-refractivity contribution < 1.29 is 22.6 Å². The molecule has 1 rings (SSSR count). The maximum Gasteiger partial charge on any atom is 0.573 e. The van der Waals surface area contributed by atoms with Gasteiger partial charge in [-0.2, -0.15) is 12.6 Å². The second-order valence-corrected chi connectivity index (χ2v) is 4.07. The first-order chi connectivity index (χ1) is 8.53. The average molecular weight is 280 g/mol. The van der Waals surface area contributed by atoms with Crippen molar-refractivity contribution in [1.82, 2.24) is 0 Å². The number of unbranched alkanes of at least 4 members (excludes halogenated alkanes) is 2. The molecule has 1 aromatic rings. The van der Waals surface area contributed by atoms with E-state index in [4.69, 9.17) is 4.74 Å². The first-order valence-corrected chi connectivity index (χ1v) is 6.24. The fourth-order valence-corrected chi connectivity index (χ4v) is 1.57. The van der Waals surface area contributed by atoms with Crippen molar-refractivity contribution in [3.63, 3.8) is 0 Å². The molecule has 0 bridgehead atoms. The van der Waals surface area contributed by atoms with Crippen molar-refractivity contribution in [2.45, 2.75) is 25.6 Å². The van der Waals surface area contributed by atoms with Gasteiger partial charge in [-0.15, -0.1) is 13.2 Å². The van der Waals surface area contributed by atoms with E-state index >= 15 is 0 Å². The maximum absolute atomic E-state index is 12.1. The number of benzene rings is 1. The van der Waals surface area contributed by atoms with Crippen LogP contribution in [0.3, 0.4) is 0 Å². The molecular formula is C12H15F3O2S. The Morgan fingerprint density at radius 3 is 2.28 bits per heavy atom. The van der Waals surface area contributed by atoms with Crippen LogP contribution in [0.1, 0.15) is 19.3 Å². The minimum Gasteiger partial charge on any atom is -0.490 e. The van der Waals surface area contributed by atoms with Crippen LogP contribution in [0.4, 0.5) is 13.2 Å². The van der Waals surface area contributed by atoms with Gasteiger partial charge in [0.15, 0.2) is 11.5 Å². The third-order valence-electron chi connectivity index (χ3n) is 2.13. The summed E-state index contributed by atoms with van der Waals surface area (Å²) in [5.41, 5.74) is 0. The van der Waals surface area contributed by atoms with E-state index in [0.717, 1.165) is 25.0 Å². The summed E-state index contributed by atoms with van der Waals surface area (Å²) in [6, 6.07) is 5.76. The lowest BCUT2D eigenvalue weighted by atomic mass is 10.2. The lowest BCUT2D eigenvalue weighted by Gasteiger charge is -2.13. The van der Waals surface area contributed by atoms with Crippen LogP contribution < -0.4 is 9.47 Å². The van der Waals surface area contributed by atoms with Gasteiger partial charge < -0.3 is 9.47 Å². The second kappa shape index (κ2) is 7.41. The molecule has 0 aliphatic rings. The van der Waals surface area contributed by atoms with E-state index in [-0.39, 0.29) is 11.5 Å². The average Bonchev–Trinajstić information content (AvgIpc) is 2.29. The predicted molar refractivity (Wildman–Crippen MR) is 66.3 cm³/mol. The van der Waals surface area contributed by atoms with Crippen molar-refractivity contribution in [3.05, 3.63) is 24.3 Å². The molecule has 0 amide bonds. The van der Waals surface area contributed by atoms with Gasteiger partial charge in [-0.3, -0.25) is 0 Å². The highest BCUT2D eigenvalue weighted by Crippen LogP contribution is 2.31. The Morgan fingerprint density at radius 1 is 1.00 bits per heavy atom. The maximum atomic E-state index is 12.1. The molecule has 18 heavy (non-hydrogen) atoms. The molecule has 0 aliphatic carbocycles. The molecule has 0 unspecified atom stereocenters. The minimum atomic E-state index is -4.70. The van der Waals surface area contributed by atoms with Crippen molar-refractivity contribution in [3.8, 4) is 11.5 Å². The summed E-state index contributed by atoms with van der Waals surface area (Å²) in [6.07, 6.45) is -2.02. The normalized spacial score (nSPS) is 11.3. The van der Waals surface area contributed by atoms with Crippen molar-refractivity contribution in [1.29, 1.82) is 0 Å². The Kier molecular flexibility index (Phi) is 6.18. The van der Waals surface area contributed by atoms with Crippen LogP contribution in [-0.4, -0.2) is 18.7 Å². The standard InChI is InChI=1S/C12H15F3O2S/c13-12(14,15)17-11-7-3-2-6-10(11)16-8-4-1-5-9-18/h2-3,6-7,18H,1,4-5,8-9H2. The molecule has 0 saturated carbocycles. The summed E-state index contributed by atoms with van der Waals surface area (Å²) in [6.45, 7) is 0.367. The number of halogens is 3. The van der Waals surface area contributed by atoms with E-state index < -0.39 is 6.36 Å². The molecule has 0 spiro atoms. The highest BCUT2D eigenvalue weighted by Gasteiger charge is 2.32. The third-order valence-corrected chi connectivity index (χ3v) is 2.45. The largest absolute Gasteiger partial charge is 0.573 e. The highest BCUT2D eigenvalue weighted by molar-refractivity contribution is 7.80. The lowest BCUT2D eigenvalue weighted by molar-refractivity contribution is -0.275. The van der Waals surface area contributed by atoms with Gasteiger partial charge in [-0.1, -0.05) is 12.1 Å². The molecule has 0 fully saturated rings. The van der Waals surface area contributed by atoms with E-state index in [1.807, 2.05) is 0 Å². The SMILES string of the molecule is FC(F)(F)Oc1ccccc1OCCCCCS. The van der Waals surface area contributed by atoms with Crippen molar-refractivity contribution >= 4 is 12.6 Å². The van der Waals surface area contributed by atoms with E-state index in [1.165, 1.54) is 18.2 Å². The fraction of sp³-hybridized carbons (Fsp3) is 0.500.